The molecule has 0 amide bonds. The van der Waals surface area contributed by atoms with E-state index in [0.717, 1.165) is 27.8 Å². The minimum absolute atomic E-state index is 0.165. The Bertz CT molecular complexity index is 515. The fourth-order valence-corrected chi connectivity index (χ4v) is 2.80. The smallest absolute Gasteiger partial charge is 0.125 e. The van der Waals surface area contributed by atoms with Crippen molar-refractivity contribution in [1.82, 2.24) is 9.88 Å². The van der Waals surface area contributed by atoms with Crippen LogP contribution in [0.25, 0.3) is 10.6 Å². The molecule has 0 saturated carbocycles. The summed E-state index contributed by atoms with van der Waals surface area (Å²) in [4.78, 5) is 6.61. The van der Waals surface area contributed by atoms with Crippen LogP contribution in [-0.2, 0) is 6.54 Å². The second-order valence-electron chi connectivity index (χ2n) is 4.09. The average Bonchev–Trinajstić information content (AvgIpc) is 2.78. The maximum Gasteiger partial charge on any atom is 0.125 e. The van der Waals surface area contributed by atoms with Crippen molar-refractivity contribution in [2.45, 2.75) is 6.54 Å². The van der Waals surface area contributed by atoms with Crippen LogP contribution >= 0.6 is 22.9 Å². The highest BCUT2D eigenvalue weighted by molar-refractivity contribution is 7.13. The molecule has 0 radical (unpaired) electrons. The van der Waals surface area contributed by atoms with Gasteiger partial charge in [-0.05, 0) is 13.1 Å². The Kier molecular flexibility index (Phi) is 4.72. The molecule has 0 aliphatic heterocycles. The molecule has 1 aromatic heterocycles. The molecule has 2 aromatic rings. The van der Waals surface area contributed by atoms with E-state index in [9.17, 15) is 0 Å². The fraction of sp³-hybridized carbons (Fsp3) is 0.308. The van der Waals surface area contributed by atoms with Gasteiger partial charge in [-0.1, -0.05) is 29.8 Å². The summed E-state index contributed by atoms with van der Waals surface area (Å²) >= 11 is 7.74. The van der Waals surface area contributed by atoms with Crippen molar-refractivity contribution in [3.8, 4) is 10.6 Å². The monoisotopic (exact) mass is 282 g/mol. The lowest BCUT2D eigenvalue weighted by Gasteiger charge is -2.12. The van der Waals surface area contributed by atoms with Crippen molar-refractivity contribution in [2.24, 2.45) is 0 Å². The first kappa shape index (κ1) is 13.5. The van der Waals surface area contributed by atoms with Crippen molar-refractivity contribution < 1.29 is 5.11 Å². The number of rotatable bonds is 5. The third kappa shape index (κ3) is 3.29. The first-order chi connectivity index (χ1) is 8.70. The summed E-state index contributed by atoms with van der Waals surface area (Å²) in [5.41, 5.74) is 1.98. The minimum atomic E-state index is 0.165. The van der Waals surface area contributed by atoms with Gasteiger partial charge in [-0.3, -0.25) is 4.90 Å². The Morgan fingerprint density at radius 2 is 2.17 bits per heavy atom. The number of likely N-dealkylation sites (N-methyl/N-ethyl adjacent to an activating group) is 1. The van der Waals surface area contributed by atoms with Gasteiger partial charge in [-0.2, -0.15) is 0 Å². The van der Waals surface area contributed by atoms with Gasteiger partial charge in [-0.15, -0.1) is 11.3 Å². The van der Waals surface area contributed by atoms with Crippen molar-refractivity contribution in [1.29, 1.82) is 0 Å². The number of hydrogen-bond donors (Lipinski definition) is 1. The molecule has 0 aliphatic rings. The average molecular weight is 283 g/mol. The van der Waals surface area contributed by atoms with Gasteiger partial charge in [0, 0.05) is 24.0 Å². The number of hydrogen-bond acceptors (Lipinski definition) is 4. The fourth-order valence-electron chi connectivity index (χ4n) is 1.66. The summed E-state index contributed by atoms with van der Waals surface area (Å²) in [6.45, 7) is 1.55. The third-order valence-electron chi connectivity index (χ3n) is 2.57. The van der Waals surface area contributed by atoms with E-state index < -0.39 is 0 Å². The Hall–Kier alpha value is -0.940. The number of thiazole rings is 1. The topological polar surface area (TPSA) is 36.4 Å². The highest BCUT2D eigenvalue weighted by Gasteiger charge is 2.09. The Morgan fingerprint density at radius 3 is 2.89 bits per heavy atom. The van der Waals surface area contributed by atoms with Gasteiger partial charge in [0.05, 0.1) is 17.3 Å². The zero-order chi connectivity index (χ0) is 13.0. The van der Waals surface area contributed by atoms with Crippen molar-refractivity contribution >= 4 is 22.9 Å². The Balaban J connectivity index is 2.13. The maximum absolute atomic E-state index is 8.86. The van der Waals surface area contributed by atoms with Gasteiger partial charge in [0.25, 0.3) is 0 Å². The molecule has 0 saturated heterocycles. The molecule has 2 rings (SSSR count). The van der Waals surface area contributed by atoms with Gasteiger partial charge in [0.1, 0.15) is 5.01 Å². The molecule has 96 valence electrons. The standard InChI is InChI=1S/C13H15ClN2OS/c1-16(6-7-17)8-10-9-18-13(15-10)11-4-2-3-5-12(11)14/h2-5,9,17H,6-8H2,1H3. The molecule has 0 spiro atoms. The van der Waals surface area contributed by atoms with Crippen LogP contribution in [-0.4, -0.2) is 35.2 Å². The number of nitrogens with zero attached hydrogens (tertiary/aromatic N) is 2. The number of aliphatic hydroxyl groups excluding tert-OH is 1. The lowest BCUT2D eigenvalue weighted by atomic mass is 10.2. The van der Waals surface area contributed by atoms with Gasteiger partial charge in [0.2, 0.25) is 0 Å². The van der Waals surface area contributed by atoms with Crippen LogP contribution < -0.4 is 0 Å². The summed E-state index contributed by atoms with van der Waals surface area (Å²) in [6.07, 6.45) is 0. The van der Waals surface area contributed by atoms with Gasteiger partial charge < -0.3 is 5.11 Å². The van der Waals surface area contributed by atoms with Crippen LogP contribution in [0.15, 0.2) is 29.6 Å². The van der Waals surface area contributed by atoms with Crippen molar-refractivity contribution in [3.05, 3.63) is 40.4 Å². The number of halogens is 1. The molecular weight excluding hydrogens is 268 g/mol. The van der Waals surface area contributed by atoms with Gasteiger partial charge in [0.15, 0.2) is 0 Å². The lowest BCUT2D eigenvalue weighted by Crippen LogP contribution is -2.21. The molecular formula is C13H15ClN2OS. The van der Waals surface area contributed by atoms with E-state index in [4.69, 9.17) is 16.7 Å². The van der Waals surface area contributed by atoms with E-state index in [2.05, 4.69) is 4.98 Å². The second kappa shape index (κ2) is 6.29. The van der Waals surface area contributed by atoms with Crippen LogP contribution in [0.1, 0.15) is 5.69 Å². The highest BCUT2D eigenvalue weighted by atomic mass is 35.5. The van der Waals surface area contributed by atoms with E-state index >= 15 is 0 Å². The maximum atomic E-state index is 8.86. The first-order valence-electron chi connectivity index (χ1n) is 5.69. The number of aliphatic hydroxyl groups is 1. The molecule has 0 bridgehead atoms. The SMILES string of the molecule is CN(CCO)Cc1csc(-c2ccccc2Cl)n1. The Morgan fingerprint density at radius 1 is 1.39 bits per heavy atom. The molecule has 0 fully saturated rings. The molecule has 0 unspecified atom stereocenters. The Labute approximate surface area is 116 Å². The number of aromatic nitrogens is 1. The van der Waals surface area contributed by atoms with Crippen LogP contribution in [0.4, 0.5) is 0 Å². The molecule has 0 atom stereocenters. The highest BCUT2D eigenvalue weighted by Crippen LogP contribution is 2.30. The predicted molar refractivity (Wildman–Crippen MR) is 76.0 cm³/mol. The summed E-state index contributed by atoms with van der Waals surface area (Å²) in [5.74, 6) is 0. The van der Waals surface area contributed by atoms with Crippen LogP contribution in [0.2, 0.25) is 5.02 Å². The second-order valence-corrected chi connectivity index (χ2v) is 5.35. The molecule has 0 aliphatic carbocycles. The van der Waals surface area contributed by atoms with Crippen molar-refractivity contribution in [3.63, 3.8) is 0 Å². The molecule has 18 heavy (non-hydrogen) atoms. The van der Waals surface area contributed by atoms with E-state index in [1.54, 1.807) is 11.3 Å². The van der Waals surface area contributed by atoms with E-state index in [1.165, 1.54) is 0 Å². The van der Waals surface area contributed by atoms with E-state index in [0.29, 0.717) is 6.54 Å². The largest absolute Gasteiger partial charge is 0.395 e. The first-order valence-corrected chi connectivity index (χ1v) is 6.95. The normalized spacial score (nSPS) is 11.1. The number of benzene rings is 1. The minimum Gasteiger partial charge on any atom is -0.395 e. The van der Waals surface area contributed by atoms with E-state index in [-0.39, 0.29) is 6.61 Å². The summed E-state index contributed by atoms with van der Waals surface area (Å²) in [7, 11) is 1.96. The third-order valence-corrected chi connectivity index (χ3v) is 3.82. The molecule has 1 aromatic carbocycles. The lowest BCUT2D eigenvalue weighted by molar-refractivity contribution is 0.216. The van der Waals surface area contributed by atoms with Crippen LogP contribution in [0.5, 0.6) is 0 Å². The molecule has 5 heteroatoms. The van der Waals surface area contributed by atoms with Gasteiger partial charge >= 0.3 is 0 Å². The quantitative estimate of drug-likeness (QED) is 0.916. The van der Waals surface area contributed by atoms with Gasteiger partial charge in [-0.25, -0.2) is 4.98 Å². The zero-order valence-corrected chi connectivity index (χ0v) is 11.7. The summed E-state index contributed by atoms with van der Waals surface area (Å²) in [6, 6.07) is 7.72. The zero-order valence-electron chi connectivity index (χ0n) is 10.1. The predicted octanol–water partition coefficient (Wildman–Crippen LogP) is 2.89. The van der Waals surface area contributed by atoms with Crippen LogP contribution in [0.3, 0.4) is 0 Å². The van der Waals surface area contributed by atoms with E-state index in [1.807, 2.05) is 41.6 Å². The molecule has 1 N–H and O–H groups in total. The molecule has 3 nitrogen and oxygen atoms in total. The summed E-state index contributed by atoms with van der Waals surface area (Å²) < 4.78 is 0. The van der Waals surface area contributed by atoms with Crippen molar-refractivity contribution in [2.75, 3.05) is 20.2 Å². The molecule has 1 heterocycles. The summed E-state index contributed by atoms with van der Waals surface area (Å²) in [5, 5.41) is 12.6. The van der Waals surface area contributed by atoms with Crippen LogP contribution in [0, 0.1) is 0 Å².